The summed E-state index contributed by atoms with van der Waals surface area (Å²) in [7, 11) is 0. The van der Waals surface area contributed by atoms with Crippen molar-refractivity contribution in [2.75, 3.05) is 23.3 Å². The number of carbonyl (C=O) groups excluding carboxylic acids is 1. The number of piperidine rings is 1. The smallest absolute Gasteiger partial charge is 0.227 e. The number of amides is 1. The van der Waals surface area contributed by atoms with Gasteiger partial charge in [-0.25, -0.2) is 0 Å². The van der Waals surface area contributed by atoms with E-state index >= 15 is 0 Å². The molecule has 140 valence electrons. The van der Waals surface area contributed by atoms with E-state index in [2.05, 4.69) is 41.2 Å². The van der Waals surface area contributed by atoms with Gasteiger partial charge in [-0.3, -0.25) is 19.4 Å². The lowest BCUT2D eigenvalue weighted by Gasteiger charge is -2.33. The van der Waals surface area contributed by atoms with Crippen LogP contribution in [0.1, 0.15) is 19.8 Å². The highest BCUT2D eigenvalue weighted by Gasteiger charge is 2.26. The molecule has 1 aliphatic heterocycles. The number of nitrogens with zero attached hydrogens (tertiary/aromatic N) is 5. The van der Waals surface area contributed by atoms with Gasteiger partial charge in [0.1, 0.15) is 5.52 Å². The molecule has 1 fully saturated rings. The minimum atomic E-state index is 0.0152. The number of nitrogens with one attached hydrogen (secondary N) is 1. The van der Waals surface area contributed by atoms with E-state index in [1.165, 1.54) is 0 Å². The van der Waals surface area contributed by atoms with Crippen LogP contribution in [0.2, 0.25) is 0 Å². The van der Waals surface area contributed by atoms with E-state index < -0.39 is 0 Å². The Morgan fingerprint density at radius 3 is 2.85 bits per heavy atom. The van der Waals surface area contributed by atoms with Gasteiger partial charge in [0, 0.05) is 48.6 Å². The molecule has 0 unspecified atom stereocenters. The third kappa shape index (κ3) is 3.80. The molecule has 0 radical (unpaired) electrons. The fourth-order valence-corrected chi connectivity index (χ4v) is 3.79. The second-order valence-electron chi connectivity index (χ2n) is 6.69. The summed E-state index contributed by atoms with van der Waals surface area (Å²) in [4.78, 5) is 23.8. The lowest BCUT2D eigenvalue weighted by atomic mass is 9.95. The van der Waals surface area contributed by atoms with Crippen LogP contribution in [0.5, 0.6) is 0 Å². The quantitative estimate of drug-likeness (QED) is 0.688. The van der Waals surface area contributed by atoms with Crippen LogP contribution >= 0.6 is 15.9 Å². The number of pyridine rings is 2. The van der Waals surface area contributed by atoms with E-state index in [0.717, 1.165) is 59.4 Å². The van der Waals surface area contributed by atoms with Crippen molar-refractivity contribution in [2.45, 2.75) is 26.3 Å². The van der Waals surface area contributed by atoms with E-state index in [4.69, 9.17) is 0 Å². The molecule has 0 spiro atoms. The van der Waals surface area contributed by atoms with E-state index in [0.29, 0.717) is 0 Å². The minimum Gasteiger partial charge on any atom is -0.370 e. The van der Waals surface area contributed by atoms with Crippen LogP contribution in [-0.2, 0) is 11.3 Å². The van der Waals surface area contributed by atoms with E-state index in [9.17, 15) is 4.79 Å². The molecule has 0 bridgehead atoms. The number of anilines is 2. The van der Waals surface area contributed by atoms with Crippen LogP contribution in [0, 0.1) is 5.92 Å². The first-order chi connectivity index (χ1) is 13.1. The van der Waals surface area contributed by atoms with E-state index in [1.807, 2.05) is 31.5 Å². The van der Waals surface area contributed by atoms with Gasteiger partial charge in [-0.2, -0.15) is 5.10 Å². The van der Waals surface area contributed by atoms with Gasteiger partial charge in [-0.15, -0.1) is 0 Å². The van der Waals surface area contributed by atoms with Gasteiger partial charge in [-0.05, 0) is 47.8 Å². The van der Waals surface area contributed by atoms with Crippen LogP contribution in [0.25, 0.3) is 11.0 Å². The van der Waals surface area contributed by atoms with Crippen LogP contribution in [0.3, 0.4) is 0 Å². The third-order valence-corrected chi connectivity index (χ3v) is 5.39. The Morgan fingerprint density at radius 2 is 2.11 bits per heavy atom. The summed E-state index contributed by atoms with van der Waals surface area (Å²) >= 11 is 3.44. The number of carbonyl (C=O) groups is 1. The van der Waals surface area contributed by atoms with Gasteiger partial charge < -0.3 is 10.2 Å². The molecule has 27 heavy (non-hydrogen) atoms. The van der Waals surface area contributed by atoms with Crippen molar-refractivity contribution in [3.05, 3.63) is 41.4 Å². The Hall–Kier alpha value is -2.48. The van der Waals surface area contributed by atoms with E-state index in [1.54, 1.807) is 17.1 Å². The Kier molecular flexibility index (Phi) is 5.07. The summed E-state index contributed by atoms with van der Waals surface area (Å²) in [5.74, 6) is 0.0911. The molecule has 0 aromatic carbocycles. The van der Waals surface area contributed by atoms with Crippen LogP contribution in [0.15, 0.2) is 41.4 Å². The number of aryl methyl sites for hydroxylation is 1. The first kappa shape index (κ1) is 17.9. The number of rotatable bonds is 4. The second-order valence-corrected chi connectivity index (χ2v) is 7.60. The Morgan fingerprint density at radius 1 is 1.30 bits per heavy atom. The molecule has 7 nitrogen and oxygen atoms in total. The molecule has 1 saturated heterocycles. The Balaban J connectivity index is 1.42. The lowest BCUT2D eigenvalue weighted by Crippen LogP contribution is -2.38. The summed E-state index contributed by atoms with van der Waals surface area (Å²) in [5.41, 5.74) is 3.61. The molecular formula is C19H21BrN6O. The van der Waals surface area contributed by atoms with Gasteiger partial charge in [0.15, 0.2) is 0 Å². The van der Waals surface area contributed by atoms with Crippen LogP contribution < -0.4 is 10.2 Å². The highest BCUT2D eigenvalue weighted by molar-refractivity contribution is 9.10. The van der Waals surface area contributed by atoms with Gasteiger partial charge in [0.25, 0.3) is 0 Å². The zero-order valence-corrected chi connectivity index (χ0v) is 16.7. The van der Waals surface area contributed by atoms with Crippen molar-refractivity contribution < 1.29 is 4.79 Å². The van der Waals surface area contributed by atoms with Crippen molar-refractivity contribution in [1.29, 1.82) is 0 Å². The standard InChI is InChI=1S/C19H21BrN6O/c1-2-26-12-15(11-23-26)24-19(27)13-4-7-25(8-5-13)17-3-6-21-16-9-14(20)10-22-18(16)17/h3,6,9-13H,2,4-5,7-8H2,1H3,(H,24,27). The maximum absolute atomic E-state index is 12.6. The second kappa shape index (κ2) is 7.64. The van der Waals surface area contributed by atoms with Crippen LogP contribution in [0.4, 0.5) is 11.4 Å². The highest BCUT2D eigenvalue weighted by Crippen LogP contribution is 2.29. The van der Waals surface area contributed by atoms with Crippen molar-refractivity contribution in [1.82, 2.24) is 19.7 Å². The minimum absolute atomic E-state index is 0.0152. The zero-order valence-electron chi connectivity index (χ0n) is 15.1. The average molecular weight is 429 g/mol. The van der Waals surface area contributed by atoms with Crippen molar-refractivity contribution in [2.24, 2.45) is 5.92 Å². The molecule has 3 aromatic rings. The molecule has 1 amide bonds. The molecule has 4 rings (SSSR count). The Labute approximate surface area is 165 Å². The summed E-state index contributed by atoms with van der Waals surface area (Å²) in [6.45, 7) is 4.45. The molecule has 8 heteroatoms. The summed E-state index contributed by atoms with van der Waals surface area (Å²) in [6.07, 6.45) is 8.80. The van der Waals surface area contributed by atoms with Gasteiger partial charge in [0.2, 0.25) is 5.91 Å². The first-order valence-corrected chi connectivity index (χ1v) is 9.92. The number of hydrogen-bond acceptors (Lipinski definition) is 5. The molecule has 3 aromatic heterocycles. The topological polar surface area (TPSA) is 75.9 Å². The van der Waals surface area contributed by atoms with Crippen molar-refractivity contribution in [3.63, 3.8) is 0 Å². The summed E-state index contributed by atoms with van der Waals surface area (Å²) in [6, 6.07) is 3.98. The zero-order chi connectivity index (χ0) is 18.8. The van der Waals surface area contributed by atoms with Crippen molar-refractivity contribution in [3.8, 4) is 0 Å². The predicted molar refractivity (Wildman–Crippen MR) is 109 cm³/mol. The number of aromatic nitrogens is 4. The predicted octanol–water partition coefficient (Wildman–Crippen LogP) is 3.46. The highest BCUT2D eigenvalue weighted by atomic mass is 79.9. The molecule has 0 saturated carbocycles. The fraction of sp³-hybridized carbons (Fsp3) is 0.368. The number of hydrogen-bond donors (Lipinski definition) is 1. The largest absolute Gasteiger partial charge is 0.370 e. The SMILES string of the molecule is CCn1cc(NC(=O)C2CCN(c3ccnc4cc(Br)cnc34)CC2)cn1. The molecule has 0 atom stereocenters. The van der Waals surface area contributed by atoms with Crippen molar-refractivity contribution >= 4 is 44.2 Å². The van der Waals surface area contributed by atoms with Gasteiger partial charge in [-0.1, -0.05) is 0 Å². The summed E-state index contributed by atoms with van der Waals surface area (Å²) < 4.78 is 2.72. The maximum Gasteiger partial charge on any atom is 0.227 e. The lowest BCUT2D eigenvalue weighted by molar-refractivity contribution is -0.120. The summed E-state index contributed by atoms with van der Waals surface area (Å²) in [5, 5.41) is 7.19. The normalized spacial score (nSPS) is 15.3. The van der Waals surface area contributed by atoms with Gasteiger partial charge in [0.05, 0.1) is 23.1 Å². The van der Waals surface area contributed by atoms with Crippen LogP contribution in [-0.4, -0.2) is 38.7 Å². The number of halogens is 1. The fourth-order valence-electron chi connectivity index (χ4n) is 3.47. The maximum atomic E-state index is 12.6. The Bertz CT molecular complexity index is 964. The molecular weight excluding hydrogens is 408 g/mol. The first-order valence-electron chi connectivity index (χ1n) is 9.12. The molecule has 0 aliphatic carbocycles. The average Bonchev–Trinajstić information content (AvgIpc) is 3.15. The molecule has 1 N–H and O–H groups in total. The van der Waals surface area contributed by atoms with E-state index in [-0.39, 0.29) is 11.8 Å². The molecule has 1 aliphatic rings. The molecule has 4 heterocycles. The number of fused-ring (bicyclic) bond motifs is 1. The van der Waals surface area contributed by atoms with Gasteiger partial charge >= 0.3 is 0 Å². The third-order valence-electron chi connectivity index (χ3n) is 4.95. The monoisotopic (exact) mass is 428 g/mol.